The molecule has 3 aromatic rings. The highest BCUT2D eigenvalue weighted by Gasteiger charge is 2.42. The van der Waals surface area contributed by atoms with E-state index in [-0.39, 0.29) is 22.8 Å². The molecule has 2 aliphatic rings. The molecule has 5 rings (SSSR count). The monoisotopic (exact) mass is 420 g/mol. The summed E-state index contributed by atoms with van der Waals surface area (Å²) in [6.07, 6.45) is 0.780. The lowest BCUT2D eigenvalue weighted by atomic mass is 9.98. The van der Waals surface area contributed by atoms with E-state index in [1.807, 2.05) is 0 Å². The SMILES string of the molecule is O=C1c2oc3ccccc3c(=O)c2[C@@H](c2ccc(O)cc2)N1CCCN1CCOCC1. The van der Waals surface area contributed by atoms with E-state index in [2.05, 4.69) is 4.90 Å². The van der Waals surface area contributed by atoms with Crippen LogP contribution in [0.3, 0.4) is 0 Å². The minimum Gasteiger partial charge on any atom is -0.508 e. The van der Waals surface area contributed by atoms with Crippen molar-refractivity contribution in [2.24, 2.45) is 0 Å². The summed E-state index contributed by atoms with van der Waals surface area (Å²) >= 11 is 0. The van der Waals surface area contributed by atoms with E-state index in [9.17, 15) is 14.7 Å². The van der Waals surface area contributed by atoms with E-state index in [0.717, 1.165) is 44.8 Å². The topological polar surface area (TPSA) is 83.2 Å². The third kappa shape index (κ3) is 3.60. The molecule has 2 aromatic carbocycles. The van der Waals surface area contributed by atoms with Crippen molar-refractivity contribution < 1.29 is 19.1 Å². The molecule has 3 heterocycles. The molecule has 7 nitrogen and oxygen atoms in total. The van der Waals surface area contributed by atoms with Crippen LogP contribution in [0.4, 0.5) is 0 Å². The number of amides is 1. The van der Waals surface area contributed by atoms with E-state index < -0.39 is 6.04 Å². The predicted octanol–water partition coefficient (Wildman–Crippen LogP) is 2.77. The lowest BCUT2D eigenvalue weighted by Gasteiger charge is -2.29. The van der Waals surface area contributed by atoms with Gasteiger partial charge in [0, 0.05) is 26.2 Å². The Labute approximate surface area is 179 Å². The molecule has 1 N–H and O–H groups in total. The van der Waals surface area contributed by atoms with Crippen molar-refractivity contribution in [3.8, 4) is 5.75 Å². The van der Waals surface area contributed by atoms with Crippen LogP contribution in [-0.4, -0.2) is 60.2 Å². The van der Waals surface area contributed by atoms with E-state index in [1.54, 1.807) is 53.4 Å². The maximum absolute atomic E-state index is 13.4. The Bertz CT molecular complexity index is 1160. The number of phenols is 1. The third-order valence-corrected chi connectivity index (χ3v) is 6.06. The molecule has 1 saturated heterocycles. The van der Waals surface area contributed by atoms with Crippen LogP contribution >= 0.6 is 0 Å². The van der Waals surface area contributed by atoms with Gasteiger partial charge in [-0.3, -0.25) is 14.5 Å². The van der Waals surface area contributed by atoms with Crippen molar-refractivity contribution in [1.29, 1.82) is 0 Å². The molecule has 1 amide bonds. The fraction of sp³-hybridized carbons (Fsp3) is 0.333. The maximum atomic E-state index is 13.4. The summed E-state index contributed by atoms with van der Waals surface area (Å²) in [7, 11) is 0. The number of hydrogen-bond donors (Lipinski definition) is 1. The smallest absolute Gasteiger partial charge is 0.290 e. The number of carbonyl (C=O) groups is 1. The zero-order chi connectivity index (χ0) is 21.4. The number of rotatable bonds is 5. The van der Waals surface area contributed by atoms with E-state index in [4.69, 9.17) is 9.15 Å². The number of carbonyl (C=O) groups excluding carboxylic acids is 1. The van der Waals surface area contributed by atoms with Crippen molar-refractivity contribution >= 4 is 16.9 Å². The predicted molar refractivity (Wildman–Crippen MR) is 115 cm³/mol. The van der Waals surface area contributed by atoms with Gasteiger partial charge < -0.3 is 19.2 Å². The number of ether oxygens (including phenoxy) is 1. The Hall–Kier alpha value is -3.16. The lowest BCUT2D eigenvalue weighted by molar-refractivity contribution is 0.0353. The van der Waals surface area contributed by atoms with Crippen molar-refractivity contribution in [1.82, 2.24) is 9.80 Å². The number of aromatic hydroxyl groups is 1. The molecule has 1 fully saturated rings. The van der Waals surface area contributed by atoms with Gasteiger partial charge in [0.25, 0.3) is 5.91 Å². The van der Waals surface area contributed by atoms with Gasteiger partial charge in [0.05, 0.1) is 30.2 Å². The molecule has 1 atom stereocenters. The fourth-order valence-electron chi connectivity index (χ4n) is 4.49. The molecule has 0 radical (unpaired) electrons. The van der Waals surface area contributed by atoms with Gasteiger partial charge in [-0.1, -0.05) is 24.3 Å². The van der Waals surface area contributed by atoms with Crippen LogP contribution in [0.5, 0.6) is 5.75 Å². The average molecular weight is 420 g/mol. The standard InChI is InChI=1S/C24H24N2O5/c27-17-8-6-16(7-9-17)21-20-22(28)18-4-1-2-5-19(18)31-23(20)24(29)26(21)11-3-10-25-12-14-30-15-13-25/h1-2,4-9,21,27H,3,10-15H2/t21-/m1/s1. The Kier molecular flexibility index (Phi) is 5.21. The summed E-state index contributed by atoms with van der Waals surface area (Å²) in [5.41, 5.74) is 1.39. The highest BCUT2D eigenvalue weighted by molar-refractivity contribution is 5.99. The van der Waals surface area contributed by atoms with E-state index >= 15 is 0 Å². The Balaban J connectivity index is 1.52. The largest absolute Gasteiger partial charge is 0.508 e. The summed E-state index contributed by atoms with van der Waals surface area (Å²) in [6, 6.07) is 13.1. The number of morpholine rings is 1. The first-order valence-corrected chi connectivity index (χ1v) is 10.6. The quantitative estimate of drug-likeness (QED) is 0.684. The maximum Gasteiger partial charge on any atom is 0.290 e. The second kappa shape index (κ2) is 8.17. The van der Waals surface area contributed by atoms with Gasteiger partial charge in [0.2, 0.25) is 5.76 Å². The van der Waals surface area contributed by atoms with E-state index in [0.29, 0.717) is 23.1 Å². The number of hydrogen-bond acceptors (Lipinski definition) is 6. The first-order valence-electron chi connectivity index (χ1n) is 10.6. The van der Waals surface area contributed by atoms with Crippen LogP contribution in [0, 0.1) is 0 Å². The number of para-hydroxylation sites is 1. The molecule has 7 heteroatoms. The van der Waals surface area contributed by atoms with Gasteiger partial charge in [0.15, 0.2) is 5.43 Å². The number of phenolic OH excluding ortho intramolecular Hbond substituents is 1. The summed E-state index contributed by atoms with van der Waals surface area (Å²) < 4.78 is 11.3. The molecule has 0 unspecified atom stereocenters. The average Bonchev–Trinajstić information content (AvgIpc) is 3.07. The van der Waals surface area contributed by atoms with Gasteiger partial charge in [-0.15, -0.1) is 0 Å². The molecule has 0 spiro atoms. The van der Waals surface area contributed by atoms with Crippen LogP contribution in [0.25, 0.3) is 11.0 Å². The van der Waals surface area contributed by atoms with Crippen LogP contribution in [0.15, 0.2) is 57.7 Å². The molecule has 2 aliphatic heterocycles. The summed E-state index contributed by atoms with van der Waals surface area (Å²) in [5.74, 6) is -0.0104. The molecular weight excluding hydrogens is 396 g/mol. The zero-order valence-electron chi connectivity index (χ0n) is 17.1. The van der Waals surface area contributed by atoms with Gasteiger partial charge in [-0.2, -0.15) is 0 Å². The van der Waals surface area contributed by atoms with E-state index in [1.165, 1.54) is 0 Å². The van der Waals surface area contributed by atoms with Crippen LogP contribution in [0.2, 0.25) is 0 Å². The second-order valence-electron chi connectivity index (χ2n) is 7.97. The number of benzene rings is 2. The molecular formula is C24H24N2O5. The van der Waals surface area contributed by atoms with Crippen molar-refractivity contribution in [3.63, 3.8) is 0 Å². The van der Waals surface area contributed by atoms with Crippen molar-refractivity contribution in [2.75, 3.05) is 39.4 Å². The zero-order valence-corrected chi connectivity index (χ0v) is 17.1. The minimum atomic E-state index is -0.534. The first-order chi connectivity index (χ1) is 15.1. The minimum absolute atomic E-state index is 0.119. The molecule has 160 valence electrons. The highest BCUT2D eigenvalue weighted by Crippen LogP contribution is 2.38. The van der Waals surface area contributed by atoms with Crippen LogP contribution in [-0.2, 0) is 4.74 Å². The fourth-order valence-corrected chi connectivity index (χ4v) is 4.49. The normalized spacial score (nSPS) is 19.2. The number of fused-ring (bicyclic) bond motifs is 2. The Morgan fingerprint density at radius 1 is 0.968 bits per heavy atom. The summed E-state index contributed by atoms with van der Waals surface area (Å²) in [5, 5.41) is 10.2. The molecule has 0 aliphatic carbocycles. The summed E-state index contributed by atoms with van der Waals surface area (Å²) in [4.78, 5) is 30.8. The van der Waals surface area contributed by atoms with Crippen LogP contribution in [0.1, 0.15) is 34.1 Å². The Morgan fingerprint density at radius 2 is 1.71 bits per heavy atom. The highest BCUT2D eigenvalue weighted by atomic mass is 16.5. The van der Waals surface area contributed by atoms with Gasteiger partial charge in [-0.05, 0) is 36.2 Å². The van der Waals surface area contributed by atoms with Crippen molar-refractivity contribution in [2.45, 2.75) is 12.5 Å². The van der Waals surface area contributed by atoms with Gasteiger partial charge in [-0.25, -0.2) is 0 Å². The van der Waals surface area contributed by atoms with Crippen LogP contribution < -0.4 is 5.43 Å². The molecule has 31 heavy (non-hydrogen) atoms. The first kappa shape index (κ1) is 19.8. The summed E-state index contributed by atoms with van der Waals surface area (Å²) in [6.45, 7) is 4.60. The molecule has 0 bridgehead atoms. The lowest BCUT2D eigenvalue weighted by Crippen LogP contribution is -2.38. The van der Waals surface area contributed by atoms with Crippen molar-refractivity contribution in [3.05, 3.63) is 75.6 Å². The second-order valence-corrected chi connectivity index (χ2v) is 7.97. The van der Waals surface area contributed by atoms with Gasteiger partial charge >= 0.3 is 0 Å². The van der Waals surface area contributed by atoms with Gasteiger partial charge in [0.1, 0.15) is 11.3 Å². The molecule has 1 aromatic heterocycles. The number of nitrogens with zero attached hydrogens (tertiary/aromatic N) is 2. The third-order valence-electron chi connectivity index (χ3n) is 6.06. The molecule has 0 saturated carbocycles. The Morgan fingerprint density at radius 3 is 2.48 bits per heavy atom.